The lowest BCUT2D eigenvalue weighted by molar-refractivity contribution is 0.280. The van der Waals surface area contributed by atoms with Crippen LogP contribution in [0.3, 0.4) is 0 Å². The molecule has 0 saturated heterocycles. The number of aliphatic hydroxyl groups excluding tert-OH is 1. The van der Waals surface area contributed by atoms with Gasteiger partial charge in [-0.05, 0) is 65.7 Å². The average molecular weight is 230 g/mol. The summed E-state index contributed by atoms with van der Waals surface area (Å²) in [5.74, 6) is 2.15. The molecular weight excluding hydrogens is 208 g/mol. The van der Waals surface area contributed by atoms with Gasteiger partial charge in [0, 0.05) is 0 Å². The minimum absolute atomic E-state index is 0.193. The summed E-state index contributed by atoms with van der Waals surface area (Å²) in [5.41, 5.74) is 5.68. The molecule has 17 heavy (non-hydrogen) atoms. The van der Waals surface area contributed by atoms with Gasteiger partial charge in [-0.1, -0.05) is 26.0 Å². The van der Waals surface area contributed by atoms with Crippen LogP contribution in [0.1, 0.15) is 79.5 Å². The SMILES string of the molecule is CC(C)c1cc(C2CC2)c(C2CC2)cc1CO. The van der Waals surface area contributed by atoms with E-state index in [0.717, 1.165) is 17.4 Å². The first-order valence-corrected chi connectivity index (χ1v) is 6.98. The lowest BCUT2D eigenvalue weighted by Gasteiger charge is -2.17. The maximum atomic E-state index is 9.54. The van der Waals surface area contributed by atoms with Crippen molar-refractivity contribution >= 4 is 0 Å². The molecule has 2 aliphatic carbocycles. The first-order chi connectivity index (χ1) is 8.20. The number of hydrogen-bond donors (Lipinski definition) is 1. The Hall–Kier alpha value is -0.820. The molecule has 2 aliphatic rings. The molecule has 1 heteroatoms. The van der Waals surface area contributed by atoms with Crippen LogP contribution in [0.4, 0.5) is 0 Å². The summed E-state index contributed by atoms with van der Waals surface area (Å²) >= 11 is 0. The quantitative estimate of drug-likeness (QED) is 0.827. The van der Waals surface area contributed by atoms with Crippen LogP contribution >= 0.6 is 0 Å². The zero-order chi connectivity index (χ0) is 12.0. The molecule has 0 spiro atoms. The highest BCUT2D eigenvalue weighted by molar-refractivity contribution is 5.46. The first-order valence-electron chi connectivity index (χ1n) is 6.98. The van der Waals surface area contributed by atoms with Crippen LogP contribution in [0.15, 0.2) is 12.1 Å². The molecule has 0 heterocycles. The highest BCUT2D eigenvalue weighted by Gasteiger charge is 2.33. The molecule has 0 atom stereocenters. The molecule has 3 rings (SSSR count). The van der Waals surface area contributed by atoms with Gasteiger partial charge in [0.2, 0.25) is 0 Å². The van der Waals surface area contributed by atoms with Crippen molar-refractivity contribution in [1.29, 1.82) is 0 Å². The molecule has 1 aromatic carbocycles. The van der Waals surface area contributed by atoms with Gasteiger partial charge in [0.05, 0.1) is 6.61 Å². The van der Waals surface area contributed by atoms with E-state index in [1.54, 1.807) is 11.1 Å². The molecule has 1 N–H and O–H groups in total. The van der Waals surface area contributed by atoms with Gasteiger partial charge in [0.25, 0.3) is 0 Å². The van der Waals surface area contributed by atoms with E-state index in [0.29, 0.717) is 5.92 Å². The van der Waals surface area contributed by atoms with Crippen LogP contribution in [-0.2, 0) is 6.61 Å². The molecule has 0 amide bonds. The van der Waals surface area contributed by atoms with Crippen LogP contribution < -0.4 is 0 Å². The maximum Gasteiger partial charge on any atom is 0.0684 e. The number of rotatable bonds is 4. The van der Waals surface area contributed by atoms with E-state index in [1.165, 1.54) is 31.2 Å². The van der Waals surface area contributed by atoms with Crippen LogP contribution in [0.25, 0.3) is 0 Å². The molecule has 1 nitrogen and oxygen atoms in total. The van der Waals surface area contributed by atoms with E-state index >= 15 is 0 Å². The van der Waals surface area contributed by atoms with Crippen LogP contribution in [0.2, 0.25) is 0 Å². The Kier molecular flexibility index (Phi) is 2.74. The van der Waals surface area contributed by atoms with Gasteiger partial charge in [0.15, 0.2) is 0 Å². The normalized spacial score (nSPS) is 20.0. The predicted molar refractivity (Wildman–Crippen MR) is 70.4 cm³/mol. The largest absolute Gasteiger partial charge is 0.392 e. The van der Waals surface area contributed by atoms with Crippen molar-refractivity contribution in [3.05, 3.63) is 34.4 Å². The summed E-state index contributed by atoms with van der Waals surface area (Å²) < 4.78 is 0. The molecule has 0 radical (unpaired) electrons. The molecular formula is C16H22O. The molecule has 92 valence electrons. The van der Waals surface area contributed by atoms with Gasteiger partial charge in [-0.3, -0.25) is 0 Å². The minimum atomic E-state index is 0.193. The van der Waals surface area contributed by atoms with Crippen molar-refractivity contribution < 1.29 is 5.11 Å². The monoisotopic (exact) mass is 230 g/mol. The Morgan fingerprint density at radius 2 is 1.59 bits per heavy atom. The average Bonchev–Trinajstić information content (AvgIpc) is 3.18. The molecule has 1 aromatic rings. The van der Waals surface area contributed by atoms with Crippen molar-refractivity contribution in [2.75, 3.05) is 0 Å². The highest BCUT2D eigenvalue weighted by atomic mass is 16.3. The van der Waals surface area contributed by atoms with Crippen LogP contribution in [0, 0.1) is 0 Å². The number of aliphatic hydroxyl groups is 1. The fraction of sp³-hybridized carbons (Fsp3) is 0.625. The summed E-state index contributed by atoms with van der Waals surface area (Å²) in [6.45, 7) is 4.64. The molecule has 0 aliphatic heterocycles. The second-order valence-electron chi connectivity index (χ2n) is 6.04. The van der Waals surface area contributed by atoms with E-state index in [2.05, 4.69) is 26.0 Å². The van der Waals surface area contributed by atoms with Crippen LogP contribution in [-0.4, -0.2) is 5.11 Å². The van der Waals surface area contributed by atoms with E-state index in [4.69, 9.17) is 0 Å². The Morgan fingerprint density at radius 3 is 2.00 bits per heavy atom. The third-order valence-electron chi connectivity index (χ3n) is 4.17. The summed E-state index contributed by atoms with van der Waals surface area (Å²) in [7, 11) is 0. The van der Waals surface area contributed by atoms with Gasteiger partial charge < -0.3 is 5.11 Å². The second kappa shape index (κ2) is 4.13. The van der Waals surface area contributed by atoms with Gasteiger partial charge in [-0.2, -0.15) is 0 Å². The van der Waals surface area contributed by atoms with Crippen molar-refractivity contribution in [3.8, 4) is 0 Å². The molecule has 2 saturated carbocycles. The zero-order valence-electron chi connectivity index (χ0n) is 10.9. The standard InChI is InChI=1S/C16H22O/c1-10(2)14-8-16(12-5-6-12)15(11-3-4-11)7-13(14)9-17/h7-8,10-12,17H,3-6,9H2,1-2H3. The second-order valence-corrected chi connectivity index (χ2v) is 6.04. The van der Waals surface area contributed by atoms with E-state index < -0.39 is 0 Å². The topological polar surface area (TPSA) is 20.2 Å². The van der Waals surface area contributed by atoms with Crippen molar-refractivity contribution in [2.24, 2.45) is 0 Å². The summed E-state index contributed by atoms with van der Waals surface area (Å²) in [4.78, 5) is 0. The van der Waals surface area contributed by atoms with Gasteiger partial charge in [0.1, 0.15) is 0 Å². The third kappa shape index (κ3) is 2.13. The number of hydrogen-bond acceptors (Lipinski definition) is 1. The van der Waals surface area contributed by atoms with Gasteiger partial charge in [-0.25, -0.2) is 0 Å². The van der Waals surface area contributed by atoms with E-state index in [1.807, 2.05) is 0 Å². The molecule has 0 bridgehead atoms. The Balaban J connectivity index is 2.08. The lowest BCUT2D eigenvalue weighted by Crippen LogP contribution is -2.02. The Morgan fingerprint density at radius 1 is 1.06 bits per heavy atom. The van der Waals surface area contributed by atoms with Crippen molar-refractivity contribution in [2.45, 2.75) is 63.9 Å². The van der Waals surface area contributed by atoms with Gasteiger partial charge in [-0.15, -0.1) is 0 Å². The maximum absolute atomic E-state index is 9.54. The Bertz CT molecular complexity index is 425. The van der Waals surface area contributed by atoms with Crippen molar-refractivity contribution in [1.82, 2.24) is 0 Å². The lowest BCUT2D eigenvalue weighted by atomic mass is 9.89. The predicted octanol–water partition coefficient (Wildman–Crippen LogP) is 4.06. The first kappa shape index (κ1) is 11.3. The number of benzene rings is 1. The molecule has 2 fully saturated rings. The zero-order valence-corrected chi connectivity index (χ0v) is 10.9. The summed E-state index contributed by atoms with van der Waals surface area (Å²) in [6.07, 6.45) is 5.45. The summed E-state index contributed by atoms with van der Waals surface area (Å²) in [6, 6.07) is 4.71. The molecule has 0 unspecified atom stereocenters. The van der Waals surface area contributed by atoms with Crippen molar-refractivity contribution in [3.63, 3.8) is 0 Å². The van der Waals surface area contributed by atoms with E-state index in [-0.39, 0.29) is 6.61 Å². The van der Waals surface area contributed by atoms with Crippen LogP contribution in [0.5, 0.6) is 0 Å². The fourth-order valence-corrected chi connectivity index (χ4v) is 2.87. The van der Waals surface area contributed by atoms with E-state index in [9.17, 15) is 5.11 Å². The summed E-state index contributed by atoms with van der Waals surface area (Å²) in [5, 5.41) is 9.54. The smallest absolute Gasteiger partial charge is 0.0684 e. The Labute approximate surface area is 104 Å². The molecule has 0 aromatic heterocycles. The highest BCUT2D eigenvalue weighted by Crippen LogP contribution is 2.50. The third-order valence-corrected chi connectivity index (χ3v) is 4.17. The fourth-order valence-electron chi connectivity index (χ4n) is 2.87. The van der Waals surface area contributed by atoms with Gasteiger partial charge >= 0.3 is 0 Å². The minimum Gasteiger partial charge on any atom is -0.392 e.